The van der Waals surface area contributed by atoms with Crippen LogP contribution in [0, 0.1) is 0 Å². The van der Waals surface area contributed by atoms with E-state index in [0.717, 1.165) is 0 Å². The molecule has 100 valence electrons. The summed E-state index contributed by atoms with van der Waals surface area (Å²) in [5, 5.41) is 2.67. The van der Waals surface area contributed by atoms with Crippen molar-refractivity contribution in [1.82, 2.24) is 5.32 Å². The highest BCUT2D eigenvalue weighted by Crippen LogP contribution is 2.20. The quantitative estimate of drug-likeness (QED) is 0.846. The second-order valence-corrected chi connectivity index (χ2v) is 3.97. The lowest BCUT2D eigenvalue weighted by molar-refractivity contribution is -0.122. The highest BCUT2D eigenvalue weighted by molar-refractivity contribution is 5.81. The molecule has 1 amide bonds. The van der Waals surface area contributed by atoms with Crippen LogP contribution in [-0.2, 0) is 4.79 Å². The first kappa shape index (κ1) is 14.4. The summed E-state index contributed by atoms with van der Waals surface area (Å²) < 4.78 is 28.4. The van der Waals surface area contributed by atoms with Gasteiger partial charge in [-0.25, -0.2) is 0 Å². The van der Waals surface area contributed by atoms with Gasteiger partial charge in [0.15, 0.2) is 0 Å². The van der Waals surface area contributed by atoms with E-state index in [1.165, 1.54) is 12.1 Å². The lowest BCUT2D eigenvalue weighted by Gasteiger charge is -2.16. The van der Waals surface area contributed by atoms with Gasteiger partial charge in [-0.15, -0.1) is 0 Å². The van der Waals surface area contributed by atoms with Gasteiger partial charge in [0.25, 0.3) is 0 Å². The highest BCUT2D eigenvalue weighted by Gasteiger charge is 2.13. The Labute approximate surface area is 104 Å². The fraction of sp³-hybridized carbons (Fsp3) is 0.417. The van der Waals surface area contributed by atoms with E-state index < -0.39 is 12.7 Å². The fourth-order valence-electron chi connectivity index (χ4n) is 1.39. The van der Waals surface area contributed by atoms with Gasteiger partial charge in [-0.3, -0.25) is 4.79 Å². The predicted molar refractivity (Wildman–Crippen MR) is 63.3 cm³/mol. The molecule has 1 aromatic carbocycles. The summed E-state index contributed by atoms with van der Waals surface area (Å²) in [6.07, 6.45) is 0. The number of benzene rings is 1. The summed E-state index contributed by atoms with van der Waals surface area (Å²) >= 11 is 0. The van der Waals surface area contributed by atoms with Crippen molar-refractivity contribution in [3.63, 3.8) is 0 Å². The maximum atomic E-state index is 12.1. The molecule has 0 saturated carbocycles. The molecule has 0 fully saturated rings. The van der Waals surface area contributed by atoms with Crippen molar-refractivity contribution in [2.24, 2.45) is 5.73 Å². The zero-order chi connectivity index (χ0) is 13.7. The number of carbonyl (C=O) groups excluding carboxylic acids is 1. The maximum absolute atomic E-state index is 12.1. The smallest absolute Gasteiger partial charge is 0.387 e. The SMILES string of the molecule is CC(NC(=O)[C@@H](C)N)c1cccc(OC(F)F)c1. The van der Waals surface area contributed by atoms with Crippen molar-refractivity contribution in [2.45, 2.75) is 32.5 Å². The van der Waals surface area contributed by atoms with Gasteiger partial charge in [-0.2, -0.15) is 8.78 Å². The number of hydrogen-bond acceptors (Lipinski definition) is 3. The largest absolute Gasteiger partial charge is 0.435 e. The highest BCUT2D eigenvalue weighted by atomic mass is 19.3. The van der Waals surface area contributed by atoms with E-state index >= 15 is 0 Å². The van der Waals surface area contributed by atoms with Gasteiger partial charge in [0, 0.05) is 0 Å². The number of rotatable bonds is 5. The average molecular weight is 258 g/mol. The molecule has 1 rings (SSSR count). The van der Waals surface area contributed by atoms with Gasteiger partial charge in [-0.05, 0) is 31.5 Å². The molecular formula is C12H16F2N2O2. The first-order valence-electron chi connectivity index (χ1n) is 5.51. The van der Waals surface area contributed by atoms with Crippen LogP contribution in [0.3, 0.4) is 0 Å². The molecule has 3 N–H and O–H groups in total. The predicted octanol–water partition coefficient (Wildman–Crippen LogP) is 1.81. The lowest BCUT2D eigenvalue weighted by atomic mass is 10.1. The molecule has 0 aliphatic carbocycles. The lowest BCUT2D eigenvalue weighted by Crippen LogP contribution is -2.39. The number of hydrogen-bond donors (Lipinski definition) is 2. The van der Waals surface area contributed by atoms with Crippen LogP contribution in [0.1, 0.15) is 25.5 Å². The van der Waals surface area contributed by atoms with E-state index in [1.807, 2.05) is 0 Å². The number of ether oxygens (including phenoxy) is 1. The van der Waals surface area contributed by atoms with Gasteiger partial charge < -0.3 is 15.8 Å². The number of carbonyl (C=O) groups is 1. The summed E-state index contributed by atoms with van der Waals surface area (Å²) in [4.78, 5) is 11.4. The summed E-state index contributed by atoms with van der Waals surface area (Å²) in [6, 6.07) is 5.23. The van der Waals surface area contributed by atoms with Crippen LogP contribution in [0.5, 0.6) is 5.75 Å². The molecule has 18 heavy (non-hydrogen) atoms. The van der Waals surface area contributed by atoms with Crippen LogP contribution in [0.2, 0.25) is 0 Å². The maximum Gasteiger partial charge on any atom is 0.387 e. The molecule has 1 unspecified atom stereocenters. The van der Waals surface area contributed by atoms with Crippen molar-refractivity contribution in [1.29, 1.82) is 0 Å². The van der Waals surface area contributed by atoms with E-state index in [2.05, 4.69) is 10.1 Å². The van der Waals surface area contributed by atoms with E-state index in [4.69, 9.17) is 5.73 Å². The average Bonchev–Trinajstić information content (AvgIpc) is 2.28. The number of amides is 1. The van der Waals surface area contributed by atoms with E-state index in [0.29, 0.717) is 5.56 Å². The van der Waals surface area contributed by atoms with Crippen molar-refractivity contribution in [2.75, 3.05) is 0 Å². The Bertz CT molecular complexity index is 411. The first-order chi connectivity index (χ1) is 8.40. The van der Waals surface area contributed by atoms with Crippen LogP contribution in [0.15, 0.2) is 24.3 Å². The molecule has 0 heterocycles. The topological polar surface area (TPSA) is 64.4 Å². The van der Waals surface area contributed by atoms with Gasteiger partial charge in [-0.1, -0.05) is 12.1 Å². The number of nitrogens with one attached hydrogen (secondary N) is 1. The van der Waals surface area contributed by atoms with E-state index in [1.54, 1.807) is 26.0 Å². The minimum Gasteiger partial charge on any atom is -0.435 e. The molecule has 0 aliphatic heterocycles. The van der Waals surface area contributed by atoms with Crippen LogP contribution in [0.25, 0.3) is 0 Å². The van der Waals surface area contributed by atoms with Crippen molar-refractivity contribution in [3.05, 3.63) is 29.8 Å². The molecule has 0 radical (unpaired) electrons. The molecule has 1 aromatic rings. The van der Waals surface area contributed by atoms with Gasteiger partial charge in [0.2, 0.25) is 5.91 Å². The Morgan fingerprint density at radius 2 is 2.06 bits per heavy atom. The molecule has 0 aliphatic rings. The minimum atomic E-state index is -2.87. The first-order valence-corrected chi connectivity index (χ1v) is 5.51. The Morgan fingerprint density at radius 3 is 2.61 bits per heavy atom. The molecule has 4 nitrogen and oxygen atoms in total. The van der Waals surface area contributed by atoms with Crippen LogP contribution < -0.4 is 15.8 Å². The normalized spacial score (nSPS) is 14.1. The standard InChI is InChI=1S/C12H16F2N2O2/c1-7(15)11(17)16-8(2)9-4-3-5-10(6-9)18-12(13)14/h3-8,12H,15H2,1-2H3,(H,16,17)/t7-,8?/m1/s1. The third kappa shape index (κ3) is 4.29. The summed E-state index contributed by atoms with van der Waals surface area (Å²) in [6.45, 7) is 0.439. The summed E-state index contributed by atoms with van der Waals surface area (Å²) in [5.41, 5.74) is 6.09. The number of nitrogens with two attached hydrogens (primary N) is 1. The van der Waals surface area contributed by atoms with Gasteiger partial charge in [0.1, 0.15) is 5.75 Å². The zero-order valence-electron chi connectivity index (χ0n) is 10.2. The molecular weight excluding hydrogens is 242 g/mol. The second-order valence-electron chi connectivity index (χ2n) is 3.97. The second kappa shape index (κ2) is 6.30. The summed E-state index contributed by atoms with van der Waals surface area (Å²) in [7, 11) is 0. The molecule has 0 aromatic heterocycles. The molecule has 6 heteroatoms. The molecule has 0 spiro atoms. The van der Waals surface area contributed by atoms with Crippen molar-refractivity contribution < 1.29 is 18.3 Å². The third-order valence-electron chi connectivity index (χ3n) is 2.36. The number of alkyl halides is 2. The Hall–Kier alpha value is -1.69. The number of halogens is 2. The molecule has 0 bridgehead atoms. The Morgan fingerprint density at radius 1 is 1.39 bits per heavy atom. The van der Waals surface area contributed by atoms with Crippen molar-refractivity contribution >= 4 is 5.91 Å². The van der Waals surface area contributed by atoms with Gasteiger partial charge >= 0.3 is 6.61 Å². The Balaban J connectivity index is 2.73. The van der Waals surface area contributed by atoms with E-state index in [-0.39, 0.29) is 17.7 Å². The third-order valence-corrected chi connectivity index (χ3v) is 2.36. The van der Waals surface area contributed by atoms with Crippen LogP contribution >= 0.6 is 0 Å². The van der Waals surface area contributed by atoms with Crippen LogP contribution in [-0.4, -0.2) is 18.6 Å². The molecule has 2 atom stereocenters. The van der Waals surface area contributed by atoms with Crippen molar-refractivity contribution in [3.8, 4) is 5.75 Å². The fourth-order valence-corrected chi connectivity index (χ4v) is 1.39. The monoisotopic (exact) mass is 258 g/mol. The van der Waals surface area contributed by atoms with Gasteiger partial charge in [0.05, 0.1) is 12.1 Å². The van der Waals surface area contributed by atoms with Crippen LogP contribution in [0.4, 0.5) is 8.78 Å². The minimum absolute atomic E-state index is 0.0596. The Kier molecular flexibility index (Phi) is 5.03. The zero-order valence-corrected chi connectivity index (χ0v) is 10.2. The molecule has 0 saturated heterocycles. The summed E-state index contributed by atoms with van der Waals surface area (Å²) in [5.74, 6) is -0.243. The van der Waals surface area contributed by atoms with E-state index in [9.17, 15) is 13.6 Å².